The highest BCUT2D eigenvalue weighted by molar-refractivity contribution is 5.82. The molecule has 23 heavy (non-hydrogen) atoms. The summed E-state index contributed by atoms with van der Waals surface area (Å²) in [5.41, 5.74) is 0. The Kier molecular flexibility index (Phi) is 3.44. The third-order valence-electron chi connectivity index (χ3n) is 4.38. The molecule has 0 radical (unpaired) electrons. The molecule has 6 heteroatoms. The zero-order chi connectivity index (χ0) is 15.8. The molecule has 6 nitrogen and oxygen atoms in total. The minimum absolute atomic E-state index is 0.0946. The van der Waals surface area contributed by atoms with Crippen LogP contribution in [0.15, 0.2) is 36.7 Å². The number of para-hydroxylation sites is 2. The number of hydrogen-bond acceptors (Lipinski definition) is 4. The molecule has 4 rings (SSSR count). The lowest BCUT2D eigenvalue weighted by atomic mass is 10.1. The van der Waals surface area contributed by atoms with Gasteiger partial charge in [0.15, 0.2) is 11.5 Å². The van der Waals surface area contributed by atoms with Crippen LogP contribution in [0.4, 0.5) is 0 Å². The molecule has 2 aromatic rings. The number of aromatic nitrogens is 2. The molecule has 1 amide bonds. The average molecular weight is 313 g/mol. The number of benzene rings is 1. The van der Waals surface area contributed by atoms with Gasteiger partial charge in [0.05, 0.1) is 0 Å². The predicted octanol–water partition coefficient (Wildman–Crippen LogP) is 1.54. The first-order valence-corrected chi connectivity index (χ1v) is 7.93. The Hall–Kier alpha value is -2.50. The summed E-state index contributed by atoms with van der Waals surface area (Å²) in [5.74, 6) is 2.26. The molecule has 0 spiro atoms. The van der Waals surface area contributed by atoms with Crippen LogP contribution in [0.5, 0.6) is 11.5 Å². The fraction of sp³-hybridized carbons (Fsp3) is 0.412. The number of rotatable bonds is 2. The first kappa shape index (κ1) is 14.1. The first-order valence-electron chi connectivity index (χ1n) is 7.93. The van der Waals surface area contributed by atoms with Crippen LogP contribution in [0.1, 0.15) is 19.2 Å². The lowest BCUT2D eigenvalue weighted by Crippen LogP contribution is -2.52. The number of fused-ring (bicyclic) bond motifs is 2. The average Bonchev–Trinajstić information content (AvgIpc) is 3.01. The lowest BCUT2D eigenvalue weighted by molar-refractivity contribution is -0.134. The van der Waals surface area contributed by atoms with Crippen LogP contribution in [0.2, 0.25) is 0 Å². The number of carbonyl (C=O) groups is 1. The third kappa shape index (κ3) is 2.65. The van der Waals surface area contributed by atoms with Crippen molar-refractivity contribution in [3.63, 3.8) is 0 Å². The zero-order valence-electron chi connectivity index (χ0n) is 12.9. The van der Waals surface area contributed by atoms with Crippen LogP contribution in [0, 0.1) is 0 Å². The van der Waals surface area contributed by atoms with Crippen molar-refractivity contribution in [3.05, 3.63) is 42.5 Å². The fourth-order valence-electron chi connectivity index (χ4n) is 3.17. The number of nitrogens with one attached hydrogen (secondary N) is 1. The van der Waals surface area contributed by atoms with Gasteiger partial charge < -0.3 is 19.4 Å². The molecule has 2 aliphatic rings. The van der Waals surface area contributed by atoms with Gasteiger partial charge in [-0.25, -0.2) is 4.98 Å². The van der Waals surface area contributed by atoms with Crippen molar-refractivity contribution in [2.75, 3.05) is 0 Å². The van der Waals surface area contributed by atoms with Gasteiger partial charge in [-0.15, -0.1) is 0 Å². The van der Waals surface area contributed by atoms with Gasteiger partial charge in [0.1, 0.15) is 11.9 Å². The maximum Gasteiger partial charge on any atom is 0.265 e. The number of carbonyl (C=O) groups excluding carboxylic acids is 1. The van der Waals surface area contributed by atoms with E-state index in [-0.39, 0.29) is 18.1 Å². The van der Waals surface area contributed by atoms with Crippen LogP contribution in [0.3, 0.4) is 0 Å². The summed E-state index contributed by atoms with van der Waals surface area (Å²) in [7, 11) is 0. The second kappa shape index (κ2) is 5.61. The maximum absolute atomic E-state index is 12.6. The van der Waals surface area contributed by atoms with Gasteiger partial charge in [-0.2, -0.15) is 0 Å². The lowest BCUT2D eigenvalue weighted by Gasteiger charge is -2.33. The van der Waals surface area contributed by atoms with Crippen molar-refractivity contribution in [2.45, 2.75) is 44.6 Å². The molecule has 1 N–H and O–H groups in total. The van der Waals surface area contributed by atoms with E-state index in [4.69, 9.17) is 9.47 Å². The Morgan fingerprint density at radius 1 is 1.30 bits per heavy atom. The summed E-state index contributed by atoms with van der Waals surface area (Å²) >= 11 is 0. The van der Waals surface area contributed by atoms with Crippen molar-refractivity contribution in [3.8, 4) is 11.5 Å². The number of ether oxygens (including phenoxy) is 2. The molecule has 120 valence electrons. The van der Waals surface area contributed by atoms with Crippen molar-refractivity contribution in [2.24, 2.45) is 0 Å². The molecule has 3 heterocycles. The van der Waals surface area contributed by atoms with E-state index in [9.17, 15) is 4.79 Å². The maximum atomic E-state index is 12.6. The molecule has 3 unspecified atom stereocenters. The van der Waals surface area contributed by atoms with E-state index in [0.717, 1.165) is 25.2 Å². The third-order valence-corrected chi connectivity index (χ3v) is 4.38. The van der Waals surface area contributed by atoms with Crippen molar-refractivity contribution in [1.82, 2.24) is 14.9 Å². The SMILES string of the molecule is CC1Oc2ccccc2OC1C(=O)NC1CCc2nccn2C1. The first-order chi connectivity index (χ1) is 11.2. The number of nitrogens with zero attached hydrogens (tertiary/aromatic N) is 2. The Labute approximate surface area is 134 Å². The van der Waals surface area contributed by atoms with Crippen LogP contribution >= 0.6 is 0 Å². The van der Waals surface area contributed by atoms with Crippen molar-refractivity contribution >= 4 is 5.91 Å². The highest BCUT2D eigenvalue weighted by Crippen LogP contribution is 2.33. The second-order valence-corrected chi connectivity index (χ2v) is 6.05. The summed E-state index contributed by atoms with van der Waals surface area (Å²) in [6, 6.07) is 7.52. The van der Waals surface area contributed by atoms with Gasteiger partial charge in [0, 0.05) is 31.4 Å². The van der Waals surface area contributed by atoms with Crippen LogP contribution in [0.25, 0.3) is 0 Å². The zero-order valence-corrected chi connectivity index (χ0v) is 12.9. The Morgan fingerprint density at radius 3 is 2.91 bits per heavy atom. The number of imidazole rings is 1. The van der Waals surface area contributed by atoms with Crippen molar-refractivity contribution in [1.29, 1.82) is 0 Å². The van der Waals surface area contributed by atoms with E-state index in [2.05, 4.69) is 14.9 Å². The molecule has 0 saturated carbocycles. The summed E-state index contributed by atoms with van der Waals surface area (Å²) in [6.45, 7) is 2.61. The number of amides is 1. The van der Waals surface area contributed by atoms with Gasteiger partial charge in [-0.1, -0.05) is 12.1 Å². The largest absolute Gasteiger partial charge is 0.482 e. The minimum Gasteiger partial charge on any atom is -0.482 e. The minimum atomic E-state index is -0.630. The summed E-state index contributed by atoms with van der Waals surface area (Å²) in [6.07, 6.45) is 4.56. The molecule has 0 bridgehead atoms. The van der Waals surface area contributed by atoms with Crippen LogP contribution in [-0.2, 0) is 17.8 Å². The van der Waals surface area contributed by atoms with E-state index >= 15 is 0 Å². The number of aryl methyl sites for hydroxylation is 1. The molecule has 0 aliphatic carbocycles. The Morgan fingerprint density at radius 2 is 2.09 bits per heavy atom. The van der Waals surface area contributed by atoms with Crippen LogP contribution < -0.4 is 14.8 Å². The smallest absolute Gasteiger partial charge is 0.265 e. The van der Waals surface area contributed by atoms with E-state index in [1.54, 1.807) is 6.20 Å². The normalized spacial score (nSPS) is 25.5. The van der Waals surface area contributed by atoms with E-state index in [1.165, 1.54) is 0 Å². The molecular formula is C17H19N3O3. The summed E-state index contributed by atoms with van der Waals surface area (Å²) < 4.78 is 13.7. The fourth-order valence-corrected chi connectivity index (χ4v) is 3.17. The number of hydrogen-bond donors (Lipinski definition) is 1. The van der Waals surface area contributed by atoms with Gasteiger partial charge in [-0.05, 0) is 25.5 Å². The molecule has 2 aliphatic heterocycles. The quantitative estimate of drug-likeness (QED) is 0.913. The van der Waals surface area contributed by atoms with Crippen molar-refractivity contribution < 1.29 is 14.3 Å². The molecule has 1 aromatic heterocycles. The van der Waals surface area contributed by atoms with Gasteiger partial charge in [0.25, 0.3) is 5.91 Å². The van der Waals surface area contributed by atoms with Gasteiger partial charge in [-0.3, -0.25) is 4.79 Å². The molecule has 0 saturated heterocycles. The van der Waals surface area contributed by atoms with Gasteiger partial charge in [0.2, 0.25) is 6.10 Å². The van der Waals surface area contributed by atoms with Crippen LogP contribution in [-0.4, -0.2) is 33.7 Å². The molecule has 3 atom stereocenters. The monoisotopic (exact) mass is 313 g/mol. The summed E-state index contributed by atoms with van der Waals surface area (Å²) in [4.78, 5) is 16.9. The van der Waals surface area contributed by atoms with E-state index in [1.807, 2.05) is 37.4 Å². The van der Waals surface area contributed by atoms with E-state index in [0.29, 0.717) is 11.5 Å². The predicted molar refractivity (Wildman–Crippen MR) is 83.4 cm³/mol. The Balaban J connectivity index is 1.44. The molecular weight excluding hydrogens is 294 g/mol. The highest BCUT2D eigenvalue weighted by Gasteiger charge is 2.35. The topological polar surface area (TPSA) is 65.4 Å². The van der Waals surface area contributed by atoms with E-state index < -0.39 is 6.10 Å². The molecule has 0 fully saturated rings. The Bertz CT molecular complexity index is 727. The van der Waals surface area contributed by atoms with Gasteiger partial charge >= 0.3 is 0 Å². The second-order valence-electron chi connectivity index (χ2n) is 6.05. The highest BCUT2D eigenvalue weighted by atomic mass is 16.6. The molecule has 1 aromatic carbocycles. The summed E-state index contributed by atoms with van der Waals surface area (Å²) in [5, 5.41) is 3.09. The standard InChI is InChI=1S/C17H19N3O3/c1-11-16(23-14-5-3-2-4-13(14)22-11)17(21)19-12-6-7-15-18-8-9-20(15)10-12/h2-5,8-9,11-12,16H,6-7,10H2,1H3,(H,19,21).